The molecule has 1 heterocycles. The molecular formula is C15H18N4O5S. The molecule has 1 aromatic carbocycles. The quantitative estimate of drug-likeness (QED) is 0.343. The molecule has 4 amide bonds. The molecule has 9 nitrogen and oxygen atoms in total. The number of carbonyl (C=O) groups is 3. The summed E-state index contributed by atoms with van der Waals surface area (Å²) < 4.78 is 0. The van der Waals surface area contributed by atoms with Gasteiger partial charge in [-0.05, 0) is 32.4 Å². The normalized spacial score (nSPS) is 21.0. The Bertz CT molecular complexity index is 723. The summed E-state index contributed by atoms with van der Waals surface area (Å²) in [6, 6.07) is 5.09. The SMILES string of the molecule is CCC1(C)NC(=O)N(NC(=O)C(C)Sc2ccc([N+](=O)[O-])cc2)C1=O. The minimum Gasteiger partial charge on any atom is -0.322 e. The van der Waals surface area contributed by atoms with Crippen molar-refractivity contribution in [3.63, 3.8) is 0 Å². The number of hydrazine groups is 1. The topological polar surface area (TPSA) is 122 Å². The molecule has 2 unspecified atom stereocenters. The zero-order chi connectivity index (χ0) is 18.8. The number of hydrogen-bond donors (Lipinski definition) is 2. The average molecular weight is 366 g/mol. The van der Waals surface area contributed by atoms with Gasteiger partial charge in [0.1, 0.15) is 5.54 Å². The van der Waals surface area contributed by atoms with Crippen LogP contribution in [0.4, 0.5) is 10.5 Å². The van der Waals surface area contributed by atoms with Crippen LogP contribution in [0.15, 0.2) is 29.2 Å². The van der Waals surface area contributed by atoms with Gasteiger partial charge in [-0.25, -0.2) is 4.79 Å². The van der Waals surface area contributed by atoms with Crippen LogP contribution in [0, 0.1) is 10.1 Å². The van der Waals surface area contributed by atoms with Crippen LogP contribution in [0.25, 0.3) is 0 Å². The van der Waals surface area contributed by atoms with E-state index in [2.05, 4.69) is 10.7 Å². The first-order valence-corrected chi connectivity index (χ1v) is 8.44. The Labute approximate surface area is 148 Å². The number of nitrogens with zero attached hydrogens (tertiary/aromatic N) is 2. The Kier molecular flexibility index (Phi) is 5.31. The number of thioether (sulfide) groups is 1. The molecule has 2 N–H and O–H groups in total. The van der Waals surface area contributed by atoms with Gasteiger partial charge in [-0.3, -0.25) is 25.1 Å². The molecule has 2 atom stereocenters. The third-order valence-corrected chi connectivity index (χ3v) is 5.03. The summed E-state index contributed by atoms with van der Waals surface area (Å²) in [6.45, 7) is 4.96. The number of nitrogens with one attached hydrogen (secondary N) is 2. The van der Waals surface area contributed by atoms with E-state index in [-0.39, 0.29) is 5.69 Å². The maximum Gasteiger partial charge on any atom is 0.344 e. The van der Waals surface area contributed by atoms with Gasteiger partial charge >= 0.3 is 6.03 Å². The highest BCUT2D eigenvalue weighted by Gasteiger charge is 2.47. The minimum atomic E-state index is -1.03. The van der Waals surface area contributed by atoms with Gasteiger partial charge in [-0.1, -0.05) is 6.92 Å². The fourth-order valence-corrected chi connectivity index (χ4v) is 2.99. The van der Waals surface area contributed by atoms with Crippen molar-refractivity contribution in [2.75, 3.05) is 0 Å². The number of imide groups is 1. The first-order valence-electron chi connectivity index (χ1n) is 7.56. The Morgan fingerprint density at radius 2 is 2.00 bits per heavy atom. The number of non-ortho nitro benzene ring substituents is 1. The molecule has 1 saturated heterocycles. The summed E-state index contributed by atoms with van der Waals surface area (Å²) in [5, 5.41) is 13.3. The molecule has 2 rings (SSSR count). The molecule has 10 heteroatoms. The Hall–Kier alpha value is -2.62. The van der Waals surface area contributed by atoms with E-state index in [1.165, 1.54) is 24.3 Å². The van der Waals surface area contributed by atoms with Crippen LogP contribution in [0.2, 0.25) is 0 Å². The first-order chi connectivity index (χ1) is 11.7. The smallest absolute Gasteiger partial charge is 0.322 e. The lowest BCUT2D eigenvalue weighted by atomic mass is 10.00. The number of nitro groups is 1. The maximum absolute atomic E-state index is 12.3. The zero-order valence-electron chi connectivity index (χ0n) is 13.9. The number of hydrogen-bond acceptors (Lipinski definition) is 6. The van der Waals surface area contributed by atoms with Crippen LogP contribution in [-0.4, -0.2) is 38.6 Å². The fraction of sp³-hybridized carbons (Fsp3) is 0.400. The van der Waals surface area contributed by atoms with E-state index in [1.54, 1.807) is 20.8 Å². The second kappa shape index (κ2) is 7.09. The van der Waals surface area contributed by atoms with Gasteiger partial charge in [0.05, 0.1) is 10.2 Å². The van der Waals surface area contributed by atoms with Crippen LogP contribution < -0.4 is 10.7 Å². The second-order valence-electron chi connectivity index (χ2n) is 5.74. The van der Waals surface area contributed by atoms with Gasteiger partial charge < -0.3 is 5.32 Å². The van der Waals surface area contributed by atoms with Crippen molar-refractivity contribution >= 4 is 35.3 Å². The molecule has 0 spiro atoms. The predicted octanol–water partition coefficient (Wildman–Crippen LogP) is 1.83. The summed E-state index contributed by atoms with van der Waals surface area (Å²) in [5.41, 5.74) is 1.25. The maximum atomic E-state index is 12.3. The number of nitro benzene ring substituents is 1. The Morgan fingerprint density at radius 1 is 1.40 bits per heavy atom. The van der Waals surface area contributed by atoms with E-state index < -0.39 is 33.6 Å². The molecule has 1 aliphatic heterocycles. The summed E-state index contributed by atoms with van der Waals surface area (Å²) in [5.74, 6) is -1.03. The molecule has 0 saturated carbocycles. The highest BCUT2D eigenvalue weighted by Crippen LogP contribution is 2.26. The third-order valence-electron chi connectivity index (χ3n) is 3.92. The van der Waals surface area contributed by atoms with Crippen molar-refractivity contribution in [2.45, 2.75) is 42.9 Å². The van der Waals surface area contributed by atoms with Crippen molar-refractivity contribution < 1.29 is 19.3 Å². The fourth-order valence-electron chi connectivity index (χ4n) is 2.13. The largest absolute Gasteiger partial charge is 0.344 e. The molecule has 134 valence electrons. The lowest BCUT2D eigenvalue weighted by molar-refractivity contribution is -0.384. The van der Waals surface area contributed by atoms with Gasteiger partial charge in [-0.2, -0.15) is 5.01 Å². The van der Waals surface area contributed by atoms with Gasteiger partial charge in [0.2, 0.25) is 0 Å². The molecule has 0 bridgehead atoms. The number of rotatable bonds is 6. The molecular weight excluding hydrogens is 348 g/mol. The lowest BCUT2D eigenvalue weighted by Crippen LogP contribution is -2.50. The summed E-state index contributed by atoms with van der Waals surface area (Å²) in [6.07, 6.45) is 0.400. The van der Waals surface area contributed by atoms with Gasteiger partial charge in [0, 0.05) is 17.0 Å². The molecule has 0 aliphatic carbocycles. The highest BCUT2D eigenvalue weighted by molar-refractivity contribution is 8.00. The van der Waals surface area contributed by atoms with Crippen molar-refractivity contribution in [1.82, 2.24) is 15.8 Å². The molecule has 1 fully saturated rings. The van der Waals surface area contributed by atoms with E-state index in [9.17, 15) is 24.5 Å². The lowest BCUT2D eigenvalue weighted by Gasteiger charge is -2.20. The predicted molar refractivity (Wildman–Crippen MR) is 90.6 cm³/mol. The van der Waals surface area contributed by atoms with E-state index in [1.807, 2.05) is 0 Å². The summed E-state index contributed by atoms with van der Waals surface area (Å²) in [7, 11) is 0. The van der Waals surface area contributed by atoms with E-state index in [4.69, 9.17) is 0 Å². The van der Waals surface area contributed by atoms with Crippen molar-refractivity contribution in [3.05, 3.63) is 34.4 Å². The number of urea groups is 1. The summed E-state index contributed by atoms with van der Waals surface area (Å²) >= 11 is 1.16. The molecule has 0 radical (unpaired) electrons. The van der Waals surface area contributed by atoms with Crippen LogP contribution >= 0.6 is 11.8 Å². The van der Waals surface area contributed by atoms with Crippen molar-refractivity contribution in [3.8, 4) is 0 Å². The number of carbonyl (C=O) groups excluding carboxylic acids is 3. The average Bonchev–Trinajstić information content (AvgIpc) is 2.79. The number of amides is 4. The zero-order valence-corrected chi connectivity index (χ0v) is 14.8. The molecule has 25 heavy (non-hydrogen) atoms. The highest BCUT2D eigenvalue weighted by atomic mass is 32.2. The number of benzene rings is 1. The Balaban J connectivity index is 2.00. The molecule has 1 aliphatic rings. The van der Waals surface area contributed by atoms with Crippen LogP contribution in [0.1, 0.15) is 27.2 Å². The van der Waals surface area contributed by atoms with Gasteiger partial charge in [0.25, 0.3) is 17.5 Å². The standard InChI is InChI=1S/C15H18N4O5S/c1-4-15(3)13(21)18(14(22)16-15)17-12(20)9(2)25-11-7-5-10(6-8-11)19(23)24/h5-9H,4H2,1-3H3,(H,16,22)(H,17,20). The summed E-state index contributed by atoms with van der Waals surface area (Å²) in [4.78, 5) is 47.2. The Morgan fingerprint density at radius 3 is 2.48 bits per heavy atom. The van der Waals surface area contributed by atoms with Crippen molar-refractivity contribution in [2.24, 2.45) is 0 Å². The molecule has 0 aromatic heterocycles. The van der Waals surface area contributed by atoms with Crippen LogP contribution in [-0.2, 0) is 9.59 Å². The monoisotopic (exact) mass is 366 g/mol. The third kappa shape index (κ3) is 3.90. The minimum absolute atomic E-state index is 0.0420. The van der Waals surface area contributed by atoms with Gasteiger partial charge in [-0.15, -0.1) is 11.8 Å². The van der Waals surface area contributed by atoms with Crippen LogP contribution in [0.3, 0.4) is 0 Å². The second-order valence-corrected chi connectivity index (χ2v) is 7.16. The van der Waals surface area contributed by atoms with Gasteiger partial charge in [0.15, 0.2) is 0 Å². The van der Waals surface area contributed by atoms with E-state index in [0.29, 0.717) is 16.3 Å². The van der Waals surface area contributed by atoms with E-state index in [0.717, 1.165) is 11.8 Å². The molecule has 1 aromatic rings. The van der Waals surface area contributed by atoms with Crippen molar-refractivity contribution in [1.29, 1.82) is 0 Å². The first kappa shape index (κ1) is 18.7. The van der Waals surface area contributed by atoms with E-state index >= 15 is 0 Å². The van der Waals surface area contributed by atoms with Crippen LogP contribution in [0.5, 0.6) is 0 Å².